The van der Waals surface area contributed by atoms with Crippen LogP contribution >= 0.6 is 0 Å². The van der Waals surface area contributed by atoms with Gasteiger partial charge in [0.15, 0.2) is 0 Å². The maximum absolute atomic E-state index is 13.1. The van der Waals surface area contributed by atoms with Crippen LogP contribution in [0.2, 0.25) is 0 Å². The molecule has 0 radical (unpaired) electrons. The fourth-order valence-electron chi connectivity index (χ4n) is 5.47. The van der Waals surface area contributed by atoms with Crippen molar-refractivity contribution >= 4 is 5.91 Å². The van der Waals surface area contributed by atoms with Crippen molar-refractivity contribution in [3.8, 4) is 0 Å². The molecular weight excluding hydrogens is 222 g/mol. The third kappa shape index (κ3) is 1.57. The van der Waals surface area contributed by atoms with Gasteiger partial charge in [-0.2, -0.15) is 0 Å². The Morgan fingerprint density at radius 1 is 1.00 bits per heavy atom. The number of rotatable bonds is 3. The summed E-state index contributed by atoms with van der Waals surface area (Å²) in [6.45, 7) is 8.64. The Morgan fingerprint density at radius 3 is 1.94 bits per heavy atom. The first-order valence-corrected chi connectivity index (χ1v) is 7.77. The molecule has 102 valence electrons. The van der Waals surface area contributed by atoms with Gasteiger partial charge in [-0.05, 0) is 77.6 Å². The van der Waals surface area contributed by atoms with E-state index in [-0.39, 0.29) is 5.41 Å². The van der Waals surface area contributed by atoms with E-state index in [0.717, 1.165) is 11.8 Å². The molecule has 0 saturated heterocycles. The van der Waals surface area contributed by atoms with Gasteiger partial charge < -0.3 is 4.90 Å². The summed E-state index contributed by atoms with van der Waals surface area (Å²) in [5.74, 6) is 2.94. The molecule has 0 heterocycles. The lowest BCUT2D eigenvalue weighted by Crippen LogP contribution is -2.50. The summed E-state index contributed by atoms with van der Waals surface area (Å²) < 4.78 is 0. The predicted molar refractivity (Wildman–Crippen MR) is 73.1 cm³/mol. The maximum atomic E-state index is 13.1. The Labute approximate surface area is 111 Å². The van der Waals surface area contributed by atoms with E-state index >= 15 is 0 Å². The van der Waals surface area contributed by atoms with Crippen molar-refractivity contribution in [2.24, 2.45) is 23.2 Å². The largest absolute Gasteiger partial charge is 0.337 e. The molecule has 2 unspecified atom stereocenters. The van der Waals surface area contributed by atoms with E-state index in [4.69, 9.17) is 0 Å². The second-order valence-corrected chi connectivity index (χ2v) is 7.60. The van der Waals surface area contributed by atoms with Gasteiger partial charge in [0.25, 0.3) is 0 Å². The van der Waals surface area contributed by atoms with Crippen molar-refractivity contribution in [2.75, 3.05) is 0 Å². The van der Waals surface area contributed by atoms with Crippen molar-refractivity contribution < 1.29 is 4.79 Å². The molecule has 0 aromatic rings. The van der Waals surface area contributed by atoms with Gasteiger partial charge in [0.2, 0.25) is 5.91 Å². The quantitative estimate of drug-likeness (QED) is 0.750. The van der Waals surface area contributed by atoms with Crippen molar-refractivity contribution in [2.45, 2.75) is 71.9 Å². The predicted octanol–water partition coefficient (Wildman–Crippen LogP) is 3.46. The zero-order valence-corrected chi connectivity index (χ0v) is 12.3. The van der Waals surface area contributed by atoms with Gasteiger partial charge in [0.1, 0.15) is 0 Å². The van der Waals surface area contributed by atoms with E-state index in [1.54, 1.807) is 0 Å². The Kier molecular flexibility index (Phi) is 2.76. The van der Waals surface area contributed by atoms with Crippen molar-refractivity contribution in [1.82, 2.24) is 4.90 Å². The molecule has 4 rings (SSSR count). The van der Waals surface area contributed by atoms with Crippen LogP contribution in [0.25, 0.3) is 0 Å². The van der Waals surface area contributed by atoms with E-state index in [1.165, 1.54) is 32.1 Å². The highest BCUT2D eigenvalue weighted by Crippen LogP contribution is 2.66. The van der Waals surface area contributed by atoms with Crippen molar-refractivity contribution in [3.63, 3.8) is 0 Å². The summed E-state index contributed by atoms with van der Waals surface area (Å²) >= 11 is 0. The molecule has 18 heavy (non-hydrogen) atoms. The molecule has 0 N–H and O–H groups in total. The molecule has 2 atom stereocenters. The molecule has 4 aliphatic carbocycles. The summed E-state index contributed by atoms with van der Waals surface area (Å²) in [4.78, 5) is 15.3. The highest BCUT2D eigenvalue weighted by Gasteiger charge is 2.62. The number of amides is 1. The van der Waals surface area contributed by atoms with E-state index in [1.807, 2.05) is 0 Å². The molecule has 4 saturated carbocycles. The first-order chi connectivity index (χ1) is 8.44. The average Bonchev–Trinajstić information content (AvgIpc) is 2.63. The molecule has 0 spiro atoms. The van der Waals surface area contributed by atoms with Crippen LogP contribution in [0.4, 0.5) is 0 Å². The average molecular weight is 249 g/mol. The molecule has 4 fully saturated rings. The highest BCUT2D eigenvalue weighted by molar-refractivity contribution is 5.84. The molecule has 0 aliphatic heterocycles. The fourth-order valence-corrected chi connectivity index (χ4v) is 5.47. The van der Waals surface area contributed by atoms with Crippen LogP contribution in [0.3, 0.4) is 0 Å². The monoisotopic (exact) mass is 249 g/mol. The fraction of sp³-hybridized carbons (Fsp3) is 0.938. The van der Waals surface area contributed by atoms with Crippen LogP contribution in [0, 0.1) is 23.2 Å². The van der Waals surface area contributed by atoms with Crippen molar-refractivity contribution in [3.05, 3.63) is 0 Å². The van der Waals surface area contributed by atoms with Crippen LogP contribution in [0.1, 0.15) is 59.8 Å². The van der Waals surface area contributed by atoms with Crippen LogP contribution < -0.4 is 0 Å². The highest BCUT2D eigenvalue weighted by atomic mass is 16.2. The van der Waals surface area contributed by atoms with Crippen LogP contribution in [0.15, 0.2) is 0 Å². The Morgan fingerprint density at radius 2 is 1.50 bits per heavy atom. The zero-order chi connectivity index (χ0) is 13.1. The molecule has 2 heteroatoms. The first kappa shape index (κ1) is 12.5. The normalized spacial score (nSPS) is 41.1. The lowest BCUT2D eigenvalue weighted by atomic mass is 9.74. The third-order valence-corrected chi connectivity index (χ3v) is 5.76. The molecule has 2 nitrogen and oxygen atoms in total. The summed E-state index contributed by atoms with van der Waals surface area (Å²) in [5.41, 5.74) is 0.0577. The standard InChI is InChI=1S/C16H27NO/c1-10(2)17(11(3)4)15(18)16-8-12-5-13(9-16)7-14(16)6-12/h10-14H,5-9H2,1-4H3. The Bertz CT molecular complexity index is 338. The summed E-state index contributed by atoms with van der Waals surface area (Å²) in [5, 5.41) is 0. The van der Waals surface area contributed by atoms with Gasteiger partial charge in [-0.1, -0.05) is 0 Å². The minimum absolute atomic E-state index is 0.0577. The van der Waals surface area contributed by atoms with Crippen LogP contribution in [-0.4, -0.2) is 22.9 Å². The topological polar surface area (TPSA) is 20.3 Å². The molecule has 0 aromatic carbocycles. The lowest BCUT2D eigenvalue weighted by molar-refractivity contribution is -0.148. The van der Waals surface area contributed by atoms with Gasteiger partial charge in [0, 0.05) is 12.1 Å². The van der Waals surface area contributed by atoms with Gasteiger partial charge in [0.05, 0.1) is 5.41 Å². The second-order valence-electron chi connectivity index (χ2n) is 7.60. The molecule has 4 aliphatic rings. The third-order valence-electron chi connectivity index (χ3n) is 5.76. The number of carbonyl (C=O) groups excluding carboxylic acids is 1. The first-order valence-electron chi connectivity index (χ1n) is 7.77. The van der Waals surface area contributed by atoms with E-state index in [9.17, 15) is 4.79 Å². The minimum atomic E-state index is 0.0577. The summed E-state index contributed by atoms with van der Waals surface area (Å²) in [6.07, 6.45) is 6.49. The molecule has 0 aromatic heterocycles. The second kappa shape index (κ2) is 3.98. The Hall–Kier alpha value is -0.530. The van der Waals surface area contributed by atoms with Gasteiger partial charge in [-0.25, -0.2) is 0 Å². The van der Waals surface area contributed by atoms with Gasteiger partial charge in [-0.3, -0.25) is 4.79 Å². The zero-order valence-electron chi connectivity index (χ0n) is 12.3. The van der Waals surface area contributed by atoms with Crippen LogP contribution in [0.5, 0.6) is 0 Å². The number of nitrogens with zero attached hydrogens (tertiary/aromatic N) is 1. The lowest BCUT2D eigenvalue weighted by Gasteiger charge is -2.40. The van der Waals surface area contributed by atoms with Gasteiger partial charge >= 0.3 is 0 Å². The molecule has 4 bridgehead atoms. The summed E-state index contributed by atoms with van der Waals surface area (Å²) in [6, 6.07) is 0.676. The number of hydrogen-bond acceptors (Lipinski definition) is 1. The minimum Gasteiger partial charge on any atom is -0.337 e. The smallest absolute Gasteiger partial charge is 0.229 e. The van der Waals surface area contributed by atoms with E-state index in [0.29, 0.717) is 23.9 Å². The maximum Gasteiger partial charge on any atom is 0.229 e. The van der Waals surface area contributed by atoms with Crippen LogP contribution in [-0.2, 0) is 4.79 Å². The number of carbonyl (C=O) groups is 1. The van der Waals surface area contributed by atoms with Crippen molar-refractivity contribution in [1.29, 1.82) is 0 Å². The SMILES string of the molecule is CC(C)N(C(=O)C12CC3CC(CC1C3)C2)C(C)C. The number of hydrogen-bond donors (Lipinski definition) is 0. The van der Waals surface area contributed by atoms with E-state index in [2.05, 4.69) is 32.6 Å². The summed E-state index contributed by atoms with van der Waals surface area (Å²) in [7, 11) is 0. The molecular formula is C16H27NO. The molecule has 1 amide bonds. The Balaban J connectivity index is 1.88. The van der Waals surface area contributed by atoms with Gasteiger partial charge in [-0.15, -0.1) is 0 Å². The van der Waals surface area contributed by atoms with E-state index < -0.39 is 0 Å².